The zero-order valence-electron chi connectivity index (χ0n) is 43.8. The van der Waals surface area contributed by atoms with Gasteiger partial charge in [-0.2, -0.15) is 0 Å². The molecule has 0 N–H and O–H groups in total. The maximum absolute atomic E-state index is 12.8. The van der Waals surface area contributed by atoms with Crippen LogP contribution in [-0.2, 0) is 28.6 Å². The Labute approximate surface area is 418 Å². The van der Waals surface area contributed by atoms with E-state index in [1.165, 1.54) is 83.5 Å². The third kappa shape index (κ3) is 52.8. The molecule has 0 bridgehead atoms. The van der Waals surface area contributed by atoms with Crippen LogP contribution in [0.4, 0.5) is 0 Å². The number of ether oxygens (including phenoxy) is 3. The fraction of sp³-hybridized carbons (Fsp3) is 0.629. The summed E-state index contributed by atoms with van der Waals surface area (Å²) in [5.74, 6) is -1.04. The number of carbonyl (C=O) groups excluding carboxylic acids is 3. The number of hydrogen-bond acceptors (Lipinski definition) is 6. The monoisotopic (exact) mass is 941 g/mol. The van der Waals surface area contributed by atoms with Crippen molar-refractivity contribution in [2.24, 2.45) is 0 Å². The Balaban J connectivity index is 4.56. The van der Waals surface area contributed by atoms with E-state index in [4.69, 9.17) is 14.2 Å². The smallest absolute Gasteiger partial charge is 0.306 e. The van der Waals surface area contributed by atoms with E-state index in [1.54, 1.807) is 0 Å². The number of unbranched alkanes of at least 4 members (excludes halogenated alkanes) is 17. The SMILES string of the molecule is CC/C=C\C/C=C\C/C=C\C/C=C\C/C=C\C/C=C\CCC(=O)OC[C@@H](COC(=O)CCCCCCCCCCCCCC)OC(=O)CCCCC/C=C\C/C=C\C/C=C\C/C=C\CCCCC. The molecule has 0 fully saturated rings. The predicted molar refractivity (Wildman–Crippen MR) is 293 cm³/mol. The number of hydrogen-bond donors (Lipinski definition) is 0. The fourth-order valence-electron chi connectivity index (χ4n) is 7.10. The Hall–Kier alpha value is -4.19. The predicted octanol–water partition coefficient (Wildman–Crippen LogP) is 18.5. The van der Waals surface area contributed by atoms with Gasteiger partial charge in [0.25, 0.3) is 0 Å². The van der Waals surface area contributed by atoms with Gasteiger partial charge in [0.2, 0.25) is 0 Å². The Morgan fingerprint density at radius 2 is 0.603 bits per heavy atom. The van der Waals surface area contributed by atoms with Crippen LogP contribution in [-0.4, -0.2) is 37.2 Å². The summed E-state index contributed by atoms with van der Waals surface area (Å²) in [6, 6.07) is 0. The van der Waals surface area contributed by atoms with E-state index >= 15 is 0 Å². The van der Waals surface area contributed by atoms with Gasteiger partial charge in [-0.05, 0) is 103 Å². The van der Waals surface area contributed by atoms with Crippen LogP contribution in [0.25, 0.3) is 0 Å². The minimum Gasteiger partial charge on any atom is -0.462 e. The normalized spacial score (nSPS) is 13.0. The Kier molecular flexibility index (Phi) is 52.0. The van der Waals surface area contributed by atoms with Crippen LogP contribution < -0.4 is 0 Å². The molecule has 0 aliphatic rings. The largest absolute Gasteiger partial charge is 0.462 e. The van der Waals surface area contributed by atoms with Crippen molar-refractivity contribution in [1.29, 1.82) is 0 Å². The van der Waals surface area contributed by atoms with E-state index in [0.29, 0.717) is 19.3 Å². The van der Waals surface area contributed by atoms with Gasteiger partial charge in [-0.1, -0.05) is 232 Å². The minimum atomic E-state index is -0.827. The molecule has 0 saturated carbocycles. The number of allylic oxidation sites excluding steroid dienone is 20. The summed E-state index contributed by atoms with van der Waals surface area (Å²) >= 11 is 0. The van der Waals surface area contributed by atoms with Gasteiger partial charge in [-0.25, -0.2) is 0 Å². The van der Waals surface area contributed by atoms with Crippen LogP contribution in [0.5, 0.6) is 0 Å². The summed E-state index contributed by atoms with van der Waals surface area (Å²) in [5, 5.41) is 0. The maximum Gasteiger partial charge on any atom is 0.306 e. The van der Waals surface area contributed by atoms with Gasteiger partial charge in [0.05, 0.1) is 0 Å². The number of esters is 3. The molecule has 0 spiro atoms. The molecule has 6 nitrogen and oxygen atoms in total. The van der Waals surface area contributed by atoms with Crippen molar-refractivity contribution in [3.63, 3.8) is 0 Å². The van der Waals surface area contributed by atoms with Gasteiger partial charge in [0, 0.05) is 19.3 Å². The van der Waals surface area contributed by atoms with Crippen LogP contribution >= 0.6 is 0 Å². The molecular weight excluding hydrogens is 841 g/mol. The van der Waals surface area contributed by atoms with Crippen molar-refractivity contribution in [2.75, 3.05) is 13.2 Å². The molecule has 384 valence electrons. The van der Waals surface area contributed by atoms with Gasteiger partial charge >= 0.3 is 17.9 Å². The highest BCUT2D eigenvalue weighted by molar-refractivity contribution is 5.71. The lowest BCUT2D eigenvalue weighted by Crippen LogP contribution is -2.30. The summed E-state index contributed by atoms with van der Waals surface area (Å²) in [6.45, 7) is 6.39. The van der Waals surface area contributed by atoms with Crippen LogP contribution in [0, 0.1) is 0 Å². The summed E-state index contributed by atoms with van der Waals surface area (Å²) in [6.07, 6.45) is 76.2. The molecule has 0 aliphatic carbocycles. The lowest BCUT2D eigenvalue weighted by Gasteiger charge is -2.18. The third-order valence-electron chi connectivity index (χ3n) is 11.2. The zero-order valence-corrected chi connectivity index (χ0v) is 43.8. The highest BCUT2D eigenvalue weighted by atomic mass is 16.6. The van der Waals surface area contributed by atoms with Gasteiger partial charge in [0.1, 0.15) is 13.2 Å². The molecule has 1 atom stereocenters. The second kappa shape index (κ2) is 55.4. The first-order chi connectivity index (χ1) is 33.5. The average Bonchev–Trinajstić information content (AvgIpc) is 3.34. The summed E-state index contributed by atoms with van der Waals surface area (Å²) in [5.41, 5.74) is 0. The van der Waals surface area contributed by atoms with Crippen LogP contribution in [0.3, 0.4) is 0 Å². The van der Waals surface area contributed by atoms with E-state index in [2.05, 4.69) is 130 Å². The molecule has 0 aliphatic heterocycles. The van der Waals surface area contributed by atoms with Crippen LogP contribution in [0.15, 0.2) is 122 Å². The Bertz CT molecular complexity index is 1450. The first-order valence-electron chi connectivity index (χ1n) is 27.5. The van der Waals surface area contributed by atoms with Crippen molar-refractivity contribution in [1.82, 2.24) is 0 Å². The first kappa shape index (κ1) is 63.8. The lowest BCUT2D eigenvalue weighted by atomic mass is 10.0. The van der Waals surface area contributed by atoms with Gasteiger partial charge in [0.15, 0.2) is 6.10 Å². The van der Waals surface area contributed by atoms with E-state index in [0.717, 1.165) is 96.3 Å². The molecule has 0 rings (SSSR count). The Morgan fingerprint density at radius 1 is 0.309 bits per heavy atom. The topological polar surface area (TPSA) is 78.9 Å². The van der Waals surface area contributed by atoms with Crippen molar-refractivity contribution in [3.8, 4) is 0 Å². The highest BCUT2D eigenvalue weighted by Crippen LogP contribution is 2.14. The van der Waals surface area contributed by atoms with Gasteiger partial charge in [-0.3, -0.25) is 14.4 Å². The molecule has 0 heterocycles. The van der Waals surface area contributed by atoms with Gasteiger partial charge < -0.3 is 14.2 Å². The zero-order chi connectivity index (χ0) is 49.3. The number of rotatable bonds is 48. The van der Waals surface area contributed by atoms with Crippen molar-refractivity contribution >= 4 is 17.9 Å². The van der Waals surface area contributed by atoms with Crippen molar-refractivity contribution < 1.29 is 28.6 Å². The molecule has 0 amide bonds. The second-order valence-corrected chi connectivity index (χ2v) is 17.8. The first-order valence-corrected chi connectivity index (χ1v) is 27.5. The molecule has 68 heavy (non-hydrogen) atoms. The quantitative estimate of drug-likeness (QED) is 0.0262. The summed E-state index contributed by atoms with van der Waals surface area (Å²) in [7, 11) is 0. The minimum absolute atomic E-state index is 0.116. The maximum atomic E-state index is 12.8. The van der Waals surface area contributed by atoms with Crippen molar-refractivity contribution in [2.45, 2.75) is 239 Å². The molecule has 0 unspecified atom stereocenters. The molecule has 0 saturated heterocycles. The molecule has 0 aromatic rings. The summed E-state index contributed by atoms with van der Waals surface area (Å²) in [4.78, 5) is 38.0. The van der Waals surface area contributed by atoms with E-state index in [9.17, 15) is 14.4 Å². The molecule has 0 radical (unpaired) electrons. The highest BCUT2D eigenvalue weighted by Gasteiger charge is 2.19. The molecular formula is C62H100O6. The number of carbonyl (C=O) groups is 3. The second-order valence-electron chi connectivity index (χ2n) is 17.8. The average molecular weight is 941 g/mol. The van der Waals surface area contributed by atoms with Crippen molar-refractivity contribution in [3.05, 3.63) is 122 Å². The molecule has 0 aromatic heterocycles. The third-order valence-corrected chi connectivity index (χ3v) is 11.2. The van der Waals surface area contributed by atoms with E-state index < -0.39 is 6.10 Å². The Morgan fingerprint density at radius 3 is 1.01 bits per heavy atom. The lowest BCUT2D eigenvalue weighted by molar-refractivity contribution is -0.166. The molecule has 0 aromatic carbocycles. The standard InChI is InChI=1S/C62H100O6/c1-4-7-10-13-16-19-22-25-27-29-31-33-35-37-40-43-46-49-52-55-61(64)67-58-59(57-66-60(63)54-51-48-45-42-39-24-21-18-15-12-9-6-3)68-62(65)56-53-50-47-44-41-38-36-34-32-30-28-26-23-20-17-14-11-8-5-2/h7,10,16-17,19-20,25-28,31-34,37-38,40-41,46,49,59H,4-6,8-9,11-15,18,21-24,29-30,35-36,39,42-45,47-48,50-58H2,1-3H3/b10-7-,19-16-,20-17-,27-25-,28-26-,33-31-,34-32-,40-37-,41-38-,49-46-/t59-/m1/s1. The fourth-order valence-corrected chi connectivity index (χ4v) is 7.10. The van der Waals surface area contributed by atoms with Crippen LogP contribution in [0.2, 0.25) is 0 Å². The van der Waals surface area contributed by atoms with Crippen LogP contribution in [0.1, 0.15) is 233 Å². The van der Waals surface area contributed by atoms with E-state index in [1.807, 2.05) is 12.2 Å². The summed E-state index contributed by atoms with van der Waals surface area (Å²) < 4.78 is 16.7. The van der Waals surface area contributed by atoms with Gasteiger partial charge in [-0.15, -0.1) is 0 Å². The van der Waals surface area contributed by atoms with E-state index in [-0.39, 0.29) is 44.0 Å². The molecule has 6 heteroatoms.